The Morgan fingerprint density at radius 2 is 1.92 bits per heavy atom. The fourth-order valence-electron chi connectivity index (χ4n) is 2.16. The number of hydrogen-bond acceptors (Lipinski definition) is 5. The van der Waals surface area contributed by atoms with Crippen molar-refractivity contribution in [2.45, 2.75) is 17.0 Å². The van der Waals surface area contributed by atoms with E-state index in [1.165, 1.54) is 0 Å². The Bertz CT molecular complexity index is 848. The molecule has 3 rings (SSSR count). The smallest absolute Gasteiger partial charge is 0.191 e. The molecule has 0 radical (unpaired) electrons. The Labute approximate surface area is 158 Å². The lowest BCUT2D eigenvalue weighted by Crippen LogP contribution is -1.96. The number of hydrogen-bond donors (Lipinski definition) is 0. The Hall–Kier alpha value is -1.08. The van der Waals surface area contributed by atoms with Crippen LogP contribution in [0.15, 0.2) is 45.0 Å². The molecule has 1 aromatic carbocycles. The maximum Gasteiger partial charge on any atom is 0.191 e. The molecule has 0 spiro atoms. The normalized spacial score (nSPS) is 11.2. The van der Waals surface area contributed by atoms with Crippen LogP contribution in [0.1, 0.15) is 5.76 Å². The van der Waals surface area contributed by atoms with E-state index >= 15 is 0 Å². The molecule has 0 saturated carbocycles. The van der Waals surface area contributed by atoms with Crippen LogP contribution in [0.2, 0.25) is 10.0 Å². The average Bonchev–Trinajstić information content (AvgIpc) is 3.13. The minimum Gasteiger partial charge on any atom is -0.469 e. The van der Waals surface area contributed by atoms with Crippen molar-refractivity contribution >= 4 is 46.7 Å². The summed E-state index contributed by atoms with van der Waals surface area (Å²) in [5.74, 6) is 3.45. The van der Waals surface area contributed by atoms with E-state index in [2.05, 4.69) is 10.2 Å². The molecule has 3 aromatic rings. The molecule has 4 nitrogen and oxygen atoms in total. The lowest BCUT2D eigenvalue weighted by atomic mass is 10.2. The molecule has 0 fully saturated rings. The lowest BCUT2D eigenvalue weighted by molar-refractivity contribution is 0.534. The van der Waals surface area contributed by atoms with E-state index in [-0.39, 0.29) is 0 Å². The van der Waals surface area contributed by atoms with E-state index in [4.69, 9.17) is 27.6 Å². The van der Waals surface area contributed by atoms with Gasteiger partial charge in [0.15, 0.2) is 11.0 Å². The second-order valence-corrected chi connectivity index (χ2v) is 8.07. The molecule has 2 aromatic heterocycles. The van der Waals surface area contributed by atoms with E-state index in [1.807, 2.05) is 36.7 Å². The molecule has 0 atom stereocenters. The second kappa shape index (κ2) is 7.87. The number of furan rings is 1. The fraction of sp³-hybridized carbons (Fsp3) is 0.250. The van der Waals surface area contributed by atoms with Gasteiger partial charge in [-0.05, 0) is 31.2 Å². The fourth-order valence-corrected chi connectivity index (χ4v) is 4.55. The largest absolute Gasteiger partial charge is 0.469 e. The average molecular weight is 400 g/mol. The van der Waals surface area contributed by atoms with Crippen LogP contribution in [0.25, 0.3) is 11.4 Å². The minimum atomic E-state index is 0.697. The summed E-state index contributed by atoms with van der Waals surface area (Å²) in [7, 11) is 1.96. The standard InChI is InChI=1S/C16H15Cl2N3OS2/c1-10-12(5-6-22-10)15-19-20-16(21(15)2)24-8-7-23-14-9-11(17)3-4-13(14)18/h3-6,9H,7-8H2,1-2H3. The van der Waals surface area contributed by atoms with Gasteiger partial charge in [-0.25, -0.2) is 0 Å². The molecule has 0 aliphatic rings. The van der Waals surface area contributed by atoms with Crippen molar-refractivity contribution < 1.29 is 4.42 Å². The molecule has 0 N–H and O–H groups in total. The predicted octanol–water partition coefficient (Wildman–Crippen LogP) is 5.57. The molecule has 0 unspecified atom stereocenters. The first-order valence-electron chi connectivity index (χ1n) is 7.21. The third kappa shape index (κ3) is 3.94. The van der Waals surface area contributed by atoms with Gasteiger partial charge in [0, 0.05) is 28.5 Å². The van der Waals surface area contributed by atoms with Crippen molar-refractivity contribution in [2.75, 3.05) is 11.5 Å². The summed E-state index contributed by atoms with van der Waals surface area (Å²) < 4.78 is 7.32. The number of benzene rings is 1. The number of aromatic nitrogens is 3. The van der Waals surface area contributed by atoms with Gasteiger partial charge in [0.05, 0.1) is 16.8 Å². The highest BCUT2D eigenvalue weighted by Gasteiger charge is 2.14. The molecule has 0 bridgehead atoms. The third-order valence-electron chi connectivity index (χ3n) is 3.40. The van der Waals surface area contributed by atoms with Crippen molar-refractivity contribution in [3.63, 3.8) is 0 Å². The maximum absolute atomic E-state index is 6.17. The Morgan fingerprint density at radius 3 is 2.67 bits per heavy atom. The molecule has 0 saturated heterocycles. The molecule has 24 heavy (non-hydrogen) atoms. The highest BCUT2D eigenvalue weighted by molar-refractivity contribution is 8.02. The number of rotatable bonds is 6. The summed E-state index contributed by atoms with van der Waals surface area (Å²) >= 11 is 15.5. The molecule has 2 heterocycles. The molecule has 8 heteroatoms. The highest BCUT2D eigenvalue weighted by Crippen LogP contribution is 2.31. The third-order valence-corrected chi connectivity index (χ3v) is 6.41. The summed E-state index contributed by atoms with van der Waals surface area (Å²) in [6.45, 7) is 1.92. The van der Waals surface area contributed by atoms with E-state index in [1.54, 1.807) is 35.9 Å². The number of halogens is 2. The summed E-state index contributed by atoms with van der Waals surface area (Å²) in [5.41, 5.74) is 0.969. The zero-order valence-corrected chi connectivity index (χ0v) is 16.3. The van der Waals surface area contributed by atoms with Crippen molar-refractivity contribution in [3.8, 4) is 11.4 Å². The van der Waals surface area contributed by atoms with Gasteiger partial charge in [-0.1, -0.05) is 35.0 Å². The van der Waals surface area contributed by atoms with Gasteiger partial charge in [-0.2, -0.15) is 0 Å². The van der Waals surface area contributed by atoms with Crippen molar-refractivity contribution in [1.82, 2.24) is 14.8 Å². The van der Waals surface area contributed by atoms with Crippen LogP contribution in [0.4, 0.5) is 0 Å². The SMILES string of the molecule is Cc1occc1-c1nnc(SCCSc2cc(Cl)ccc2Cl)n1C. The summed E-state index contributed by atoms with van der Waals surface area (Å²) in [4.78, 5) is 0.998. The van der Waals surface area contributed by atoms with Crippen molar-refractivity contribution in [3.05, 3.63) is 46.3 Å². The highest BCUT2D eigenvalue weighted by atomic mass is 35.5. The minimum absolute atomic E-state index is 0.697. The lowest BCUT2D eigenvalue weighted by Gasteiger charge is -2.05. The first-order valence-corrected chi connectivity index (χ1v) is 9.93. The van der Waals surface area contributed by atoms with Crippen LogP contribution in [0, 0.1) is 6.92 Å². The second-order valence-electron chi connectivity index (χ2n) is 5.03. The zero-order valence-electron chi connectivity index (χ0n) is 13.1. The quantitative estimate of drug-likeness (QED) is 0.400. The Morgan fingerprint density at radius 1 is 1.12 bits per heavy atom. The number of aryl methyl sites for hydroxylation is 1. The Kier molecular flexibility index (Phi) is 5.81. The predicted molar refractivity (Wildman–Crippen MR) is 101 cm³/mol. The topological polar surface area (TPSA) is 43.9 Å². The van der Waals surface area contributed by atoms with E-state index in [9.17, 15) is 0 Å². The van der Waals surface area contributed by atoms with Crippen LogP contribution in [-0.2, 0) is 7.05 Å². The molecule has 126 valence electrons. The molecule has 0 amide bonds. The summed E-state index contributed by atoms with van der Waals surface area (Å²) in [6, 6.07) is 7.41. The van der Waals surface area contributed by atoms with Crippen molar-refractivity contribution in [2.24, 2.45) is 7.05 Å². The van der Waals surface area contributed by atoms with Crippen molar-refractivity contribution in [1.29, 1.82) is 0 Å². The summed E-state index contributed by atoms with van der Waals surface area (Å²) in [5, 5.41) is 10.8. The van der Waals surface area contributed by atoms with Gasteiger partial charge in [-0.15, -0.1) is 22.0 Å². The summed E-state index contributed by atoms with van der Waals surface area (Å²) in [6.07, 6.45) is 1.66. The van der Waals surface area contributed by atoms with Crippen LogP contribution in [-0.4, -0.2) is 26.3 Å². The Balaban J connectivity index is 1.59. The van der Waals surface area contributed by atoms with Crippen LogP contribution in [0.5, 0.6) is 0 Å². The molecular weight excluding hydrogens is 385 g/mol. The van der Waals surface area contributed by atoms with Crippen LogP contribution >= 0.6 is 46.7 Å². The van der Waals surface area contributed by atoms with E-state index in [0.717, 1.165) is 43.7 Å². The van der Waals surface area contributed by atoms with E-state index < -0.39 is 0 Å². The number of nitrogens with zero attached hydrogens (tertiary/aromatic N) is 3. The van der Waals surface area contributed by atoms with E-state index in [0.29, 0.717) is 5.02 Å². The molecule has 0 aliphatic carbocycles. The van der Waals surface area contributed by atoms with Gasteiger partial charge in [-0.3, -0.25) is 0 Å². The van der Waals surface area contributed by atoms with Gasteiger partial charge >= 0.3 is 0 Å². The zero-order chi connectivity index (χ0) is 17.1. The molecule has 0 aliphatic heterocycles. The van der Waals surface area contributed by atoms with Crippen LogP contribution < -0.4 is 0 Å². The van der Waals surface area contributed by atoms with Gasteiger partial charge in [0.2, 0.25) is 0 Å². The maximum atomic E-state index is 6.17. The molecular formula is C16H15Cl2N3OS2. The first kappa shape index (κ1) is 17.7. The van der Waals surface area contributed by atoms with Gasteiger partial charge < -0.3 is 8.98 Å². The monoisotopic (exact) mass is 399 g/mol. The number of thioether (sulfide) groups is 2. The van der Waals surface area contributed by atoms with Crippen LogP contribution in [0.3, 0.4) is 0 Å². The van der Waals surface area contributed by atoms with Gasteiger partial charge in [0.1, 0.15) is 5.76 Å². The van der Waals surface area contributed by atoms with Gasteiger partial charge in [0.25, 0.3) is 0 Å². The first-order chi connectivity index (χ1) is 11.6.